The minimum Gasteiger partial charge on any atom is -0.390 e. The highest BCUT2D eigenvalue weighted by Gasteiger charge is 2.30. The summed E-state index contributed by atoms with van der Waals surface area (Å²) in [5.41, 5.74) is 0. The van der Waals surface area contributed by atoms with Crippen molar-refractivity contribution in [1.82, 2.24) is 10.2 Å². The second kappa shape index (κ2) is 5.58. The standard InChI is InChI=1S/C9H18N2O2S/c1-11(9(13)3-4-14-2)7-5-10-6-8(7)12/h7-8,10,12H,3-6H2,1-2H3/t7-,8-/m1/s1. The Bertz CT molecular complexity index is 201. The summed E-state index contributed by atoms with van der Waals surface area (Å²) in [7, 11) is 1.77. The van der Waals surface area contributed by atoms with Gasteiger partial charge in [0, 0.05) is 32.3 Å². The monoisotopic (exact) mass is 218 g/mol. The molecule has 1 fully saturated rings. The average molecular weight is 218 g/mol. The Morgan fingerprint density at radius 1 is 1.64 bits per heavy atom. The average Bonchev–Trinajstić information content (AvgIpc) is 2.59. The molecule has 0 saturated carbocycles. The summed E-state index contributed by atoms with van der Waals surface area (Å²) >= 11 is 1.67. The van der Waals surface area contributed by atoms with Gasteiger partial charge in [0.15, 0.2) is 0 Å². The molecule has 1 rings (SSSR count). The first kappa shape index (κ1) is 11.8. The van der Waals surface area contributed by atoms with Crippen molar-refractivity contribution in [1.29, 1.82) is 0 Å². The van der Waals surface area contributed by atoms with Gasteiger partial charge in [0.1, 0.15) is 0 Å². The predicted octanol–water partition coefficient (Wildman–Crippen LogP) is -0.469. The van der Waals surface area contributed by atoms with E-state index in [9.17, 15) is 9.90 Å². The van der Waals surface area contributed by atoms with Crippen LogP contribution in [-0.4, -0.2) is 60.2 Å². The van der Waals surface area contributed by atoms with E-state index in [0.717, 1.165) is 5.75 Å². The van der Waals surface area contributed by atoms with E-state index < -0.39 is 6.10 Å². The first-order valence-corrected chi connectivity index (χ1v) is 6.19. The summed E-state index contributed by atoms with van der Waals surface area (Å²) in [6, 6.07) is -0.0515. The fraction of sp³-hybridized carbons (Fsp3) is 0.889. The van der Waals surface area contributed by atoms with Crippen LogP contribution in [0.15, 0.2) is 0 Å². The van der Waals surface area contributed by atoms with Gasteiger partial charge in [0.2, 0.25) is 5.91 Å². The van der Waals surface area contributed by atoms with E-state index in [2.05, 4.69) is 5.32 Å². The minimum atomic E-state index is -0.418. The van der Waals surface area contributed by atoms with Gasteiger partial charge in [0.05, 0.1) is 12.1 Å². The van der Waals surface area contributed by atoms with Crippen LogP contribution in [0, 0.1) is 0 Å². The Balaban J connectivity index is 2.39. The third-order valence-electron chi connectivity index (χ3n) is 2.56. The SMILES string of the molecule is CSCCC(=O)N(C)[C@@H]1CNC[C@H]1O. The number of aliphatic hydroxyl groups excluding tert-OH is 1. The van der Waals surface area contributed by atoms with Crippen LogP contribution in [0.3, 0.4) is 0 Å². The van der Waals surface area contributed by atoms with Crippen LogP contribution in [0.4, 0.5) is 0 Å². The van der Waals surface area contributed by atoms with Crippen molar-refractivity contribution in [3.8, 4) is 0 Å². The van der Waals surface area contributed by atoms with Gasteiger partial charge in [-0.25, -0.2) is 0 Å². The summed E-state index contributed by atoms with van der Waals surface area (Å²) in [6.07, 6.45) is 2.12. The molecule has 1 aliphatic rings. The van der Waals surface area contributed by atoms with E-state index in [1.54, 1.807) is 23.7 Å². The molecule has 0 aromatic carbocycles. The Kier molecular flexibility index (Phi) is 4.71. The molecule has 0 spiro atoms. The van der Waals surface area contributed by atoms with Crippen molar-refractivity contribution in [2.75, 3.05) is 32.1 Å². The van der Waals surface area contributed by atoms with Crippen LogP contribution in [0.2, 0.25) is 0 Å². The summed E-state index contributed by atoms with van der Waals surface area (Å²) in [4.78, 5) is 13.3. The Hall–Kier alpha value is -0.260. The van der Waals surface area contributed by atoms with Crippen molar-refractivity contribution >= 4 is 17.7 Å². The van der Waals surface area contributed by atoms with Crippen LogP contribution in [0.5, 0.6) is 0 Å². The number of hydrogen-bond acceptors (Lipinski definition) is 4. The summed E-state index contributed by atoms with van der Waals surface area (Å²) < 4.78 is 0. The summed E-state index contributed by atoms with van der Waals surface area (Å²) in [5.74, 6) is 0.964. The number of nitrogens with zero attached hydrogens (tertiary/aromatic N) is 1. The number of carbonyl (C=O) groups excluding carboxylic acids is 1. The molecule has 4 nitrogen and oxygen atoms in total. The van der Waals surface area contributed by atoms with Gasteiger partial charge < -0.3 is 15.3 Å². The molecular formula is C9H18N2O2S. The van der Waals surface area contributed by atoms with Gasteiger partial charge in [-0.2, -0.15) is 11.8 Å². The van der Waals surface area contributed by atoms with E-state index in [1.807, 2.05) is 6.26 Å². The molecule has 1 aliphatic heterocycles. The van der Waals surface area contributed by atoms with Crippen molar-refractivity contribution < 1.29 is 9.90 Å². The number of nitrogens with one attached hydrogen (secondary N) is 1. The number of amides is 1. The van der Waals surface area contributed by atoms with Crippen molar-refractivity contribution in [3.63, 3.8) is 0 Å². The molecule has 1 heterocycles. The first-order valence-electron chi connectivity index (χ1n) is 4.80. The van der Waals surface area contributed by atoms with E-state index in [1.165, 1.54) is 0 Å². The lowest BCUT2D eigenvalue weighted by Gasteiger charge is -2.26. The van der Waals surface area contributed by atoms with Gasteiger partial charge in [-0.1, -0.05) is 0 Å². The molecule has 1 amide bonds. The quantitative estimate of drug-likeness (QED) is 0.670. The van der Waals surface area contributed by atoms with Gasteiger partial charge in [-0.15, -0.1) is 0 Å². The highest BCUT2D eigenvalue weighted by atomic mass is 32.2. The molecule has 0 bridgehead atoms. The number of carbonyl (C=O) groups is 1. The second-order valence-electron chi connectivity index (χ2n) is 3.54. The van der Waals surface area contributed by atoms with E-state index in [-0.39, 0.29) is 11.9 Å². The third-order valence-corrected chi connectivity index (χ3v) is 3.17. The molecule has 5 heteroatoms. The van der Waals surface area contributed by atoms with Crippen molar-refractivity contribution in [3.05, 3.63) is 0 Å². The van der Waals surface area contributed by atoms with E-state index in [4.69, 9.17) is 0 Å². The topological polar surface area (TPSA) is 52.6 Å². The summed E-state index contributed by atoms with van der Waals surface area (Å²) in [5, 5.41) is 12.6. The van der Waals surface area contributed by atoms with Crippen LogP contribution >= 0.6 is 11.8 Å². The molecule has 14 heavy (non-hydrogen) atoms. The van der Waals surface area contributed by atoms with Crippen LogP contribution in [0.1, 0.15) is 6.42 Å². The van der Waals surface area contributed by atoms with E-state index >= 15 is 0 Å². The number of rotatable bonds is 4. The molecule has 0 unspecified atom stereocenters. The molecule has 82 valence electrons. The molecule has 0 aliphatic carbocycles. The highest BCUT2D eigenvalue weighted by molar-refractivity contribution is 7.98. The molecular weight excluding hydrogens is 200 g/mol. The fourth-order valence-corrected chi connectivity index (χ4v) is 1.98. The smallest absolute Gasteiger partial charge is 0.223 e. The Morgan fingerprint density at radius 2 is 2.36 bits per heavy atom. The number of thioether (sulfide) groups is 1. The zero-order chi connectivity index (χ0) is 10.6. The van der Waals surface area contributed by atoms with E-state index in [0.29, 0.717) is 19.5 Å². The van der Waals surface area contributed by atoms with Crippen LogP contribution in [-0.2, 0) is 4.79 Å². The minimum absolute atomic E-state index is 0.0515. The Morgan fingerprint density at radius 3 is 2.86 bits per heavy atom. The number of aliphatic hydroxyl groups is 1. The van der Waals surface area contributed by atoms with Crippen molar-refractivity contribution in [2.24, 2.45) is 0 Å². The van der Waals surface area contributed by atoms with Crippen molar-refractivity contribution in [2.45, 2.75) is 18.6 Å². The Labute approximate surface area is 89.0 Å². The molecule has 2 atom stereocenters. The molecule has 0 radical (unpaired) electrons. The number of hydrogen-bond donors (Lipinski definition) is 2. The van der Waals surface area contributed by atoms with Gasteiger partial charge in [-0.3, -0.25) is 4.79 Å². The van der Waals surface area contributed by atoms with Crippen LogP contribution in [0.25, 0.3) is 0 Å². The molecule has 1 saturated heterocycles. The van der Waals surface area contributed by atoms with Gasteiger partial charge >= 0.3 is 0 Å². The lowest BCUT2D eigenvalue weighted by atomic mass is 10.2. The third kappa shape index (κ3) is 2.87. The number of likely N-dealkylation sites (N-methyl/N-ethyl adjacent to an activating group) is 1. The predicted molar refractivity (Wildman–Crippen MR) is 58.4 cm³/mol. The first-order chi connectivity index (χ1) is 6.66. The zero-order valence-electron chi connectivity index (χ0n) is 8.69. The highest BCUT2D eigenvalue weighted by Crippen LogP contribution is 2.09. The number of β-amino-alcohol motifs (C(OH)–C–C–N with tert-alkyl or cyclic N) is 1. The van der Waals surface area contributed by atoms with Crippen LogP contribution < -0.4 is 5.32 Å². The fourth-order valence-electron chi connectivity index (χ4n) is 1.60. The van der Waals surface area contributed by atoms with Gasteiger partial charge in [0.25, 0.3) is 0 Å². The van der Waals surface area contributed by atoms with Gasteiger partial charge in [-0.05, 0) is 6.26 Å². The second-order valence-corrected chi connectivity index (χ2v) is 4.53. The lowest BCUT2D eigenvalue weighted by Crippen LogP contribution is -2.44. The normalized spacial score (nSPS) is 26.5. The maximum absolute atomic E-state index is 11.6. The molecule has 2 N–H and O–H groups in total. The maximum atomic E-state index is 11.6. The largest absolute Gasteiger partial charge is 0.390 e. The lowest BCUT2D eigenvalue weighted by molar-refractivity contribution is -0.132. The molecule has 0 aromatic rings. The maximum Gasteiger partial charge on any atom is 0.223 e. The molecule has 0 aromatic heterocycles. The zero-order valence-corrected chi connectivity index (χ0v) is 9.51. The summed E-state index contributed by atoms with van der Waals surface area (Å²) in [6.45, 7) is 1.29.